The summed E-state index contributed by atoms with van der Waals surface area (Å²) < 4.78 is 29.3. The highest BCUT2D eigenvalue weighted by atomic mass is 32.2. The number of ether oxygens (including phenoxy) is 1. The lowest BCUT2D eigenvalue weighted by atomic mass is 10.2. The first-order valence-corrected chi connectivity index (χ1v) is 8.48. The molecular formula is C14H22N2O4S. The van der Waals surface area contributed by atoms with E-state index in [-0.39, 0.29) is 25.4 Å². The van der Waals surface area contributed by atoms with E-state index in [4.69, 9.17) is 4.74 Å². The second kappa shape index (κ2) is 8.11. The van der Waals surface area contributed by atoms with E-state index in [1.54, 1.807) is 6.07 Å². The van der Waals surface area contributed by atoms with E-state index >= 15 is 0 Å². The quantitative estimate of drug-likeness (QED) is 0.783. The number of benzene rings is 1. The number of hydrogen-bond acceptors (Lipinski definition) is 4. The molecule has 0 atom stereocenters. The number of methoxy groups -OCH3 is 1. The molecule has 1 amide bonds. The summed E-state index contributed by atoms with van der Waals surface area (Å²) in [5.74, 6) is -0.216. The molecule has 0 aliphatic rings. The number of nitrogens with one attached hydrogen (secondary N) is 1. The maximum absolute atomic E-state index is 11.9. The predicted octanol–water partition coefficient (Wildman–Crippen LogP) is 1.23. The molecule has 118 valence electrons. The highest BCUT2D eigenvalue weighted by Gasteiger charge is 2.17. The monoisotopic (exact) mass is 314 g/mol. The third-order valence-corrected chi connectivity index (χ3v) is 4.21. The molecule has 1 rings (SSSR count). The fraction of sp³-hybridized carbons (Fsp3) is 0.500. The lowest BCUT2D eigenvalue weighted by Gasteiger charge is -2.19. The second-order valence-corrected chi connectivity index (χ2v) is 6.80. The molecule has 0 bridgehead atoms. The number of rotatable bonds is 8. The lowest BCUT2D eigenvalue weighted by Crippen LogP contribution is -2.35. The SMILES string of the molecule is COCCN(CCC(=O)Nc1cccc(C)c1)S(C)(=O)=O. The van der Waals surface area contributed by atoms with Gasteiger partial charge in [-0.3, -0.25) is 4.79 Å². The van der Waals surface area contributed by atoms with Gasteiger partial charge in [0.1, 0.15) is 0 Å². The topological polar surface area (TPSA) is 75.7 Å². The number of carbonyl (C=O) groups is 1. The zero-order valence-corrected chi connectivity index (χ0v) is 13.4. The number of anilines is 1. The molecule has 1 aromatic rings. The second-order valence-electron chi connectivity index (χ2n) is 4.82. The zero-order valence-electron chi connectivity index (χ0n) is 12.6. The Kier molecular flexibility index (Phi) is 6.80. The first kappa shape index (κ1) is 17.6. The summed E-state index contributed by atoms with van der Waals surface area (Å²) in [6.07, 6.45) is 1.23. The minimum Gasteiger partial charge on any atom is -0.383 e. The number of aryl methyl sites for hydroxylation is 1. The van der Waals surface area contributed by atoms with Gasteiger partial charge in [0.2, 0.25) is 15.9 Å². The summed E-state index contributed by atoms with van der Waals surface area (Å²) in [6.45, 7) is 2.62. The Morgan fingerprint density at radius 3 is 2.62 bits per heavy atom. The molecule has 0 unspecified atom stereocenters. The van der Waals surface area contributed by atoms with Crippen molar-refractivity contribution in [3.63, 3.8) is 0 Å². The van der Waals surface area contributed by atoms with Gasteiger partial charge in [0.05, 0.1) is 12.9 Å². The number of sulfonamides is 1. The average Bonchev–Trinajstić information content (AvgIpc) is 2.37. The summed E-state index contributed by atoms with van der Waals surface area (Å²) in [7, 11) is -1.83. The Labute approximate surface area is 126 Å². The molecule has 6 nitrogen and oxygen atoms in total. The molecule has 0 saturated heterocycles. The Balaban J connectivity index is 2.53. The minimum atomic E-state index is -3.34. The van der Waals surface area contributed by atoms with Crippen LogP contribution in [0.2, 0.25) is 0 Å². The van der Waals surface area contributed by atoms with Crippen LogP contribution < -0.4 is 5.32 Å². The van der Waals surface area contributed by atoms with Gasteiger partial charge in [0.15, 0.2) is 0 Å². The molecule has 1 aromatic carbocycles. The molecule has 0 heterocycles. The molecular weight excluding hydrogens is 292 g/mol. The largest absolute Gasteiger partial charge is 0.383 e. The van der Waals surface area contributed by atoms with Crippen molar-refractivity contribution < 1.29 is 17.9 Å². The molecule has 0 aliphatic heterocycles. The van der Waals surface area contributed by atoms with Crippen LogP contribution in [0.5, 0.6) is 0 Å². The normalized spacial score (nSPS) is 11.6. The maximum Gasteiger partial charge on any atom is 0.225 e. The number of carbonyl (C=O) groups excluding carboxylic acids is 1. The van der Waals surface area contributed by atoms with Crippen LogP contribution in [0.3, 0.4) is 0 Å². The van der Waals surface area contributed by atoms with Crippen molar-refractivity contribution in [1.29, 1.82) is 0 Å². The Hall–Kier alpha value is -1.44. The standard InChI is InChI=1S/C14H22N2O4S/c1-12-5-4-6-13(11-12)15-14(17)7-8-16(9-10-20-2)21(3,18)19/h4-6,11H,7-10H2,1-3H3,(H,15,17). The van der Waals surface area contributed by atoms with E-state index in [1.807, 2.05) is 25.1 Å². The minimum absolute atomic E-state index is 0.102. The van der Waals surface area contributed by atoms with Crippen LogP contribution in [0.25, 0.3) is 0 Å². The van der Waals surface area contributed by atoms with Gasteiger partial charge in [-0.1, -0.05) is 12.1 Å². The van der Waals surface area contributed by atoms with Gasteiger partial charge >= 0.3 is 0 Å². The summed E-state index contributed by atoms with van der Waals surface area (Å²) >= 11 is 0. The molecule has 0 aliphatic carbocycles. The molecule has 0 saturated carbocycles. The van der Waals surface area contributed by atoms with E-state index in [2.05, 4.69) is 5.32 Å². The summed E-state index contributed by atoms with van der Waals surface area (Å²) in [6, 6.07) is 7.44. The fourth-order valence-corrected chi connectivity index (χ4v) is 2.64. The molecule has 1 N–H and O–H groups in total. The highest BCUT2D eigenvalue weighted by Crippen LogP contribution is 2.10. The van der Waals surface area contributed by atoms with Crippen LogP contribution in [0.15, 0.2) is 24.3 Å². The highest BCUT2D eigenvalue weighted by molar-refractivity contribution is 7.88. The third kappa shape index (κ3) is 6.70. The van der Waals surface area contributed by atoms with E-state index in [9.17, 15) is 13.2 Å². The van der Waals surface area contributed by atoms with Crippen molar-refractivity contribution in [1.82, 2.24) is 4.31 Å². The number of nitrogens with zero attached hydrogens (tertiary/aromatic N) is 1. The molecule has 0 aromatic heterocycles. The van der Waals surface area contributed by atoms with Gasteiger partial charge in [0.25, 0.3) is 0 Å². The van der Waals surface area contributed by atoms with Gasteiger partial charge in [0, 0.05) is 32.3 Å². The van der Waals surface area contributed by atoms with Gasteiger partial charge in [-0.2, -0.15) is 4.31 Å². The van der Waals surface area contributed by atoms with Crippen LogP contribution >= 0.6 is 0 Å². The van der Waals surface area contributed by atoms with Crippen molar-refractivity contribution in [3.05, 3.63) is 29.8 Å². The van der Waals surface area contributed by atoms with Crippen LogP contribution in [0.1, 0.15) is 12.0 Å². The Morgan fingerprint density at radius 2 is 2.05 bits per heavy atom. The maximum atomic E-state index is 11.9. The van der Waals surface area contributed by atoms with Crippen LogP contribution in [-0.4, -0.2) is 51.7 Å². The number of amides is 1. The molecule has 0 fully saturated rings. The average molecular weight is 314 g/mol. The van der Waals surface area contributed by atoms with Crippen LogP contribution in [0.4, 0.5) is 5.69 Å². The number of hydrogen-bond donors (Lipinski definition) is 1. The van der Waals surface area contributed by atoms with E-state index < -0.39 is 10.0 Å². The van der Waals surface area contributed by atoms with Crippen molar-refractivity contribution in [2.45, 2.75) is 13.3 Å². The molecule has 0 spiro atoms. The van der Waals surface area contributed by atoms with Crippen molar-refractivity contribution in [3.8, 4) is 0 Å². The van der Waals surface area contributed by atoms with Crippen LogP contribution in [-0.2, 0) is 19.6 Å². The van der Waals surface area contributed by atoms with Gasteiger partial charge < -0.3 is 10.1 Å². The fourth-order valence-electron chi connectivity index (χ4n) is 1.81. The summed E-state index contributed by atoms with van der Waals surface area (Å²) in [5.41, 5.74) is 1.76. The predicted molar refractivity (Wildman–Crippen MR) is 82.7 cm³/mol. The van der Waals surface area contributed by atoms with Crippen molar-refractivity contribution >= 4 is 21.6 Å². The Morgan fingerprint density at radius 1 is 1.33 bits per heavy atom. The molecule has 21 heavy (non-hydrogen) atoms. The van der Waals surface area contributed by atoms with E-state index in [0.29, 0.717) is 12.3 Å². The van der Waals surface area contributed by atoms with E-state index in [0.717, 1.165) is 11.8 Å². The lowest BCUT2D eigenvalue weighted by molar-refractivity contribution is -0.116. The smallest absolute Gasteiger partial charge is 0.225 e. The Bertz CT molecular complexity index is 572. The first-order valence-electron chi connectivity index (χ1n) is 6.63. The van der Waals surface area contributed by atoms with Crippen molar-refractivity contribution in [2.24, 2.45) is 0 Å². The van der Waals surface area contributed by atoms with E-state index in [1.165, 1.54) is 11.4 Å². The van der Waals surface area contributed by atoms with Crippen molar-refractivity contribution in [2.75, 3.05) is 38.4 Å². The third-order valence-electron chi connectivity index (χ3n) is 2.90. The molecule has 7 heteroatoms. The van der Waals surface area contributed by atoms with Crippen LogP contribution in [0, 0.1) is 6.92 Å². The summed E-state index contributed by atoms with van der Waals surface area (Å²) in [4.78, 5) is 11.9. The van der Waals surface area contributed by atoms with Gasteiger partial charge in [-0.05, 0) is 24.6 Å². The molecule has 0 radical (unpaired) electrons. The summed E-state index contributed by atoms with van der Waals surface area (Å²) in [5, 5.41) is 2.75. The zero-order chi connectivity index (χ0) is 15.9. The van der Waals surface area contributed by atoms with Gasteiger partial charge in [-0.25, -0.2) is 8.42 Å². The van der Waals surface area contributed by atoms with Gasteiger partial charge in [-0.15, -0.1) is 0 Å². The first-order chi connectivity index (χ1) is 9.82.